The van der Waals surface area contributed by atoms with Gasteiger partial charge in [0.15, 0.2) is 18.2 Å². The molecular formula is C84H86Br3ClF6KN5O14. The first kappa shape index (κ1) is 89.5. The second-order valence-corrected chi connectivity index (χ2v) is 36.5. The summed E-state index contributed by atoms with van der Waals surface area (Å²) >= 11 is 15.2. The molecule has 30 heteroatoms. The molecule has 3 saturated heterocycles. The number of fused-ring (bicyclic) bond motifs is 9. The molecule has 6 aromatic carbocycles. The molecule has 6 aromatic rings. The predicted octanol–water partition coefficient (Wildman–Crippen LogP) is 16.4. The van der Waals surface area contributed by atoms with Gasteiger partial charge in [-0.15, -0.1) is 11.6 Å². The van der Waals surface area contributed by atoms with Gasteiger partial charge >= 0.3 is 75.6 Å². The van der Waals surface area contributed by atoms with Gasteiger partial charge in [-0.05, 0) is 235 Å². The van der Waals surface area contributed by atoms with E-state index in [9.17, 15) is 47.4 Å². The van der Waals surface area contributed by atoms with Crippen LogP contribution in [0.1, 0.15) is 193 Å². The molecule has 0 radical (unpaired) electrons. The van der Waals surface area contributed by atoms with E-state index in [4.69, 9.17) is 45.4 Å². The molecule has 6 fully saturated rings. The van der Waals surface area contributed by atoms with Crippen molar-refractivity contribution >= 4 is 118 Å². The maximum atomic E-state index is 15.3. The number of esters is 1. The van der Waals surface area contributed by atoms with Gasteiger partial charge in [0.1, 0.15) is 22.8 Å². The van der Waals surface area contributed by atoms with Crippen LogP contribution in [0.4, 0.5) is 40.7 Å². The van der Waals surface area contributed by atoms with Crippen molar-refractivity contribution in [3.63, 3.8) is 0 Å². The van der Waals surface area contributed by atoms with Gasteiger partial charge in [0.05, 0.1) is 23.9 Å². The number of carboxylic acid groups (broad SMARTS) is 2. The Bertz CT molecular complexity index is 4950. The summed E-state index contributed by atoms with van der Waals surface area (Å²) in [5, 5.41) is 18.5. The van der Waals surface area contributed by atoms with E-state index < -0.39 is 89.1 Å². The maximum absolute atomic E-state index is 15.3. The van der Waals surface area contributed by atoms with Gasteiger partial charge in [-0.2, -0.15) is 26.3 Å². The molecule has 3 spiro atoms. The third-order valence-corrected chi connectivity index (χ3v) is 23.1. The number of benzene rings is 6. The van der Waals surface area contributed by atoms with E-state index in [2.05, 4.69) is 47.8 Å². The molecule has 16 rings (SSSR count). The van der Waals surface area contributed by atoms with Crippen LogP contribution in [0.3, 0.4) is 0 Å². The van der Waals surface area contributed by atoms with E-state index in [1.165, 1.54) is 58.3 Å². The molecule has 3 amide bonds. The van der Waals surface area contributed by atoms with Gasteiger partial charge in [0.2, 0.25) is 0 Å². The fourth-order valence-electron chi connectivity index (χ4n) is 15.4. The summed E-state index contributed by atoms with van der Waals surface area (Å²) in [6, 6.07) is 26.5. The number of allylic oxidation sites excluding steroid dienone is 1. The van der Waals surface area contributed by atoms with Crippen LogP contribution in [0, 0.1) is 16.2 Å². The zero-order valence-electron chi connectivity index (χ0n) is 64.8. The number of aliphatic carboxylic acids is 2. The second-order valence-electron chi connectivity index (χ2n) is 33.4. The Morgan fingerprint density at radius 2 is 0.842 bits per heavy atom. The first-order valence-electron chi connectivity index (χ1n) is 36.6. The summed E-state index contributed by atoms with van der Waals surface area (Å²) < 4.78 is 113. The van der Waals surface area contributed by atoms with Crippen LogP contribution in [0.2, 0.25) is 0 Å². The number of aliphatic imine (C=N–C) groups is 1. The molecule has 4 aliphatic heterocycles. The van der Waals surface area contributed by atoms with E-state index in [0.29, 0.717) is 85.7 Å². The topological polar surface area (TPSA) is 274 Å². The number of ether oxygens (including phenoxy) is 4. The van der Waals surface area contributed by atoms with Gasteiger partial charge in [0, 0.05) is 103 Å². The van der Waals surface area contributed by atoms with Crippen LogP contribution in [0.15, 0.2) is 134 Å². The largest absolute Gasteiger partial charge is 1.00 e. The molecular weight excluding hydrogens is 1730 g/mol. The summed E-state index contributed by atoms with van der Waals surface area (Å²) in [6.45, 7) is 18.2. The number of alkyl halides is 7. The molecule has 3 atom stereocenters. The SMILES string of the molecule is CC(=O)O.CC(C)(C)OC(=O)N1CC2(CC2)CC1C(=O)OCC(=O)c1ccc2c(c1)C(F)(F)c1cc(Br)ccc1-2.CC(C)(C)OC(=O)N1CC2(CC2)CC1C1=NC=C(c2ccc3c(c2)C(F)(F)c2cc(Br)ccc2-3)C1.CC(C)(C)OC(=O)N1CC2(CC2)C[C@H]1C(=O)[O-].N.O=C(CCl)c1ccc2c(c1)C(F)(F)c1cc(Br)ccc1-2.[K+]. The molecule has 114 heavy (non-hydrogen) atoms. The summed E-state index contributed by atoms with van der Waals surface area (Å²) in [5.74, 6) is -13.3. The quantitative estimate of drug-likeness (QED) is 0.0340. The smallest absolute Gasteiger partial charge is 0.548 e. The Balaban J connectivity index is 0.000000164. The maximum Gasteiger partial charge on any atom is 1.00 e. The van der Waals surface area contributed by atoms with E-state index in [1.54, 1.807) is 102 Å². The number of halogens is 10. The molecule has 602 valence electrons. The molecule has 2 unspecified atom stereocenters. The molecule has 3 saturated carbocycles. The van der Waals surface area contributed by atoms with E-state index >= 15 is 17.6 Å². The van der Waals surface area contributed by atoms with Crippen LogP contribution in [0.25, 0.3) is 39.0 Å². The fourth-order valence-corrected chi connectivity index (χ4v) is 16.6. The van der Waals surface area contributed by atoms with E-state index in [1.807, 2.05) is 31.7 Å². The van der Waals surface area contributed by atoms with Crippen molar-refractivity contribution in [2.75, 3.05) is 32.1 Å². The van der Waals surface area contributed by atoms with Crippen molar-refractivity contribution in [1.29, 1.82) is 0 Å². The van der Waals surface area contributed by atoms with Gasteiger partial charge < -0.3 is 40.1 Å². The van der Waals surface area contributed by atoms with Crippen LogP contribution in [-0.4, -0.2) is 140 Å². The Kier molecular flexibility index (Phi) is 26.1. The number of likely N-dealkylation sites (tertiary alicyclic amines) is 3. The van der Waals surface area contributed by atoms with Gasteiger partial charge in [-0.3, -0.25) is 34.1 Å². The van der Waals surface area contributed by atoms with Crippen molar-refractivity contribution in [3.8, 4) is 33.4 Å². The van der Waals surface area contributed by atoms with Crippen molar-refractivity contribution in [3.05, 3.63) is 179 Å². The number of hydrogen-bond acceptors (Lipinski definition) is 15. The van der Waals surface area contributed by atoms with Crippen LogP contribution >= 0.6 is 59.4 Å². The number of Topliss-reactive ketones (excluding diaryl/α,β-unsaturated/α-hetero) is 2. The Morgan fingerprint density at radius 3 is 1.23 bits per heavy atom. The first-order valence-corrected chi connectivity index (χ1v) is 39.5. The number of carbonyl (C=O) groups excluding carboxylic acids is 7. The number of amides is 3. The standard InChI is InChI=1S/C28H27BrF2N2O2.C27H26BrF2NO5.C15H8BrClF2O.C12H19NO4.C2H4O2.K.H3N/c1-26(2,3)35-25(34)33-15-27(8-9-27)13-24(33)23-11-17(14-32-23)16-4-6-19-20-7-5-18(29)12-22(20)28(30,31)21(19)10-16;1-25(2,3)36-24(34)31-14-26(8-9-26)12-21(31)23(33)35-13-22(32)15-4-6-17-18-7-5-16(28)11-20(18)27(29,30)19(17)10-15;16-9-2-4-11-10-3-1-8(14(20)7-17)5-12(10)15(18,19)13(11)6-9;1-11(2,3)17-10(16)13-7-12(4-5-12)6-8(13)9(14)15;1-2(3)4;;/h4-7,10,12,14,24H,8-9,11,13,15H2,1-3H3;4-7,10-11,21H,8-9,12-14H2,1-3H3;1-6H,7H2;8H,4-7H2,1-3H3,(H,14,15);1H3,(H,3,4);;1H3/q;;;;;+1;/p-1/t;;;8-;;;/m...0.../s1. The number of hydrogen-bond donors (Lipinski definition) is 2. The fraction of sp³-hybridized carbons (Fsp3) is 0.440. The number of carbonyl (C=O) groups is 8. The molecule has 4 N–H and O–H groups in total. The third-order valence-electron chi connectivity index (χ3n) is 21.4. The van der Waals surface area contributed by atoms with Crippen LogP contribution in [-0.2, 0) is 51.1 Å². The van der Waals surface area contributed by atoms with Crippen LogP contribution in [0.5, 0.6) is 0 Å². The van der Waals surface area contributed by atoms with Gasteiger partial charge in [0.25, 0.3) is 23.7 Å². The second kappa shape index (κ2) is 33.2. The summed E-state index contributed by atoms with van der Waals surface area (Å²) in [4.78, 5) is 104. The van der Waals surface area contributed by atoms with Gasteiger partial charge in [-0.1, -0.05) is 102 Å². The molecule has 6 aliphatic carbocycles. The number of nitrogens with zero attached hydrogens (tertiary/aromatic N) is 4. The van der Waals surface area contributed by atoms with E-state index in [-0.39, 0.29) is 142 Å². The van der Waals surface area contributed by atoms with Crippen molar-refractivity contribution in [1.82, 2.24) is 20.9 Å². The number of ketones is 2. The zero-order valence-corrected chi connectivity index (χ0v) is 73.5. The Morgan fingerprint density at radius 1 is 0.509 bits per heavy atom. The third kappa shape index (κ3) is 19.3. The molecule has 4 heterocycles. The summed E-state index contributed by atoms with van der Waals surface area (Å²) in [5.41, 5.74) is 3.43. The molecule has 0 bridgehead atoms. The molecule has 0 aromatic heterocycles. The van der Waals surface area contributed by atoms with Crippen molar-refractivity contribution in [2.24, 2.45) is 21.2 Å². The average Bonchev–Trinajstić information content (AvgIpc) is 1.51. The number of carboxylic acids is 2. The Hall–Kier alpha value is -6.80. The first-order chi connectivity index (χ1) is 52.2. The average molecular weight is 1820 g/mol. The number of rotatable bonds is 9. The van der Waals surface area contributed by atoms with Crippen molar-refractivity contribution in [2.45, 2.75) is 186 Å². The Labute approximate surface area is 729 Å². The summed E-state index contributed by atoms with van der Waals surface area (Å²) in [7, 11) is 0. The molecule has 10 aliphatic rings. The zero-order chi connectivity index (χ0) is 81.7. The minimum Gasteiger partial charge on any atom is -0.548 e. The van der Waals surface area contributed by atoms with Crippen LogP contribution < -0.4 is 62.6 Å². The monoisotopic (exact) mass is 1810 g/mol. The minimum atomic E-state index is -3.25. The summed E-state index contributed by atoms with van der Waals surface area (Å²) in [6.07, 6.45) is 8.79. The normalized spacial score (nSPS) is 20.3. The van der Waals surface area contributed by atoms with E-state index in [0.717, 1.165) is 68.7 Å². The predicted molar refractivity (Wildman–Crippen MR) is 420 cm³/mol. The van der Waals surface area contributed by atoms with Crippen molar-refractivity contribution < 1.29 is 145 Å². The van der Waals surface area contributed by atoms with Gasteiger partial charge in [-0.25, -0.2) is 19.2 Å². The molecule has 19 nitrogen and oxygen atoms in total. The minimum absolute atomic E-state index is 0.